The Morgan fingerprint density at radius 3 is 2.22 bits per heavy atom. The monoisotopic (exact) mass is 507 g/mol. The van der Waals surface area contributed by atoms with Gasteiger partial charge >= 0.3 is 0 Å². The molecule has 0 aliphatic carbocycles. The zero-order chi connectivity index (χ0) is 26.1. The molecule has 2 nitrogen and oxygen atoms in total. The van der Waals surface area contributed by atoms with Crippen LogP contribution in [0.3, 0.4) is 0 Å². The predicted molar refractivity (Wildman–Crippen MR) is 161 cm³/mol. The maximum Gasteiger partial charge on any atom is 0.123 e. The lowest BCUT2D eigenvalue weighted by molar-refractivity contribution is 0.299. The molecule has 4 rings (SSSR count). The molecule has 0 fully saturated rings. The van der Waals surface area contributed by atoms with E-state index >= 15 is 0 Å². The fraction of sp³-hybridized carbons (Fsp3) is 0.265. The number of aliphatic imine (C=N–C) groups is 1. The van der Waals surface area contributed by atoms with Gasteiger partial charge in [0.15, 0.2) is 0 Å². The molecule has 190 valence electrons. The molecular formula is C34H38NOP. The smallest absolute Gasteiger partial charge is 0.123 e. The summed E-state index contributed by atoms with van der Waals surface area (Å²) in [4.78, 5) is 4.35. The number of nitrogens with zero attached hydrogens (tertiary/aromatic N) is 1. The molecule has 0 saturated carbocycles. The van der Waals surface area contributed by atoms with E-state index in [4.69, 9.17) is 4.74 Å². The largest absolute Gasteiger partial charge is 0.489 e. The van der Waals surface area contributed by atoms with Crippen LogP contribution in [0.15, 0.2) is 102 Å². The Bertz CT molecular complexity index is 1320. The molecule has 0 amide bonds. The standard InChI is InChI=1S/C34H38NOP/c1-5-20-34(3,37-33-19-16-26(2)21-30(33)24-35-4)31-23-29(22-27-12-8-6-9-13-27)17-18-32(31)36-25-28-14-10-7-11-15-28/h6-19,21,23-24,37H,5,20,22,25H2,1-4H3. The van der Waals surface area contributed by atoms with Crippen molar-refractivity contribution in [2.75, 3.05) is 7.05 Å². The van der Waals surface area contributed by atoms with Crippen LogP contribution in [-0.4, -0.2) is 13.3 Å². The van der Waals surface area contributed by atoms with Gasteiger partial charge in [-0.3, -0.25) is 4.99 Å². The summed E-state index contributed by atoms with van der Waals surface area (Å²) in [6, 6.07) is 34.7. The summed E-state index contributed by atoms with van der Waals surface area (Å²) in [5, 5.41) is 1.30. The van der Waals surface area contributed by atoms with Crippen molar-refractivity contribution in [2.45, 2.75) is 51.8 Å². The molecule has 3 heteroatoms. The summed E-state index contributed by atoms with van der Waals surface area (Å²) in [5.74, 6) is 0.988. The van der Waals surface area contributed by atoms with Crippen LogP contribution in [0.4, 0.5) is 0 Å². The van der Waals surface area contributed by atoms with Crippen molar-refractivity contribution >= 4 is 20.1 Å². The first-order chi connectivity index (χ1) is 18.0. The number of ether oxygens (including phenoxy) is 1. The van der Waals surface area contributed by atoms with Crippen molar-refractivity contribution in [3.05, 3.63) is 130 Å². The van der Waals surface area contributed by atoms with Crippen LogP contribution in [0.2, 0.25) is 0 Å². The van der Waals surface area contributed by atoms with Gasteiger partial charge in [-0.1, -0.05) is 119 Å². The molecular weight excluding hydrogens is 469 g/mol. The normalized spacial score (nSPS) is 13.3. The lowest BCUT2D eigenvalue weighted by Crippen LogP contribution is -2.22. The van der Waals surface area contributed by atoms with E-state index in [1.807, 2.05) is 19.3 Å². The summed E-state index contributed by atoms with van der Waals surface area (Å²) >= 11 is 0. The summed E-state index contributed by atoms with van der Waals surface area (Å²) in [6.07, 6.45) is 5.10. The molecule has 0 spiro atoms. The van der Waals surface area contributed by atoms with Crippen LogP contribution < -0.4 is 10.0 Å². The van der Waals surface area contributed by atoms with E-state index in [9.17, 15) is 0 Å². The second kappa shape index (κ2) is 12.8. The van der Waals surface area contributed by atoms with Gasteiger partial charge in [-0.2, -0.15) is 0 Å². The Morgan fingerprint density at radius 2 is 1.54 bits per heavy atom. The fourth-order valence-electron chi connectivity index (χ4n) is 4.91. The highest BCUT2D eigenvalue weighted by Gasteiger charge is 2.31. The van der Waals surface area contributed by atoms with E-state index < -0.39 is 0 Å². The second-order valence-corrected chi connectivity index (χ2v) is 11.8. The van der Waals surface area contributed by atoms with Gasteiger partial charge in [0.1, 0.15) is 12.4 Å². The maximum absolute atomic E-state index is 6.53. The number of hydrogen-bond donors (Lipinski definition) is 0. The van der Waals surface area contributed by atoms with Crippen LogP contribution in [0, 0.1) is 6.92 Å². The van der Waals surface area contributed by atoms with Crippen molar-refractivity contribution in [1.82, 2.24) is 0 Å². The third-order valence-corrected chi connectivity index (χ3v) is 8.56. The van der Waals surface area contributed by atoms with Gasteiger partial charge < -0.3 is 4.74 Å². The summed E-state index contributed by atoms with van der Waals surface area (Å²) < 4.78 is 6.53. The zero-order valence-corrected chi connectivity index (χ0v) is 23.5. The molecule has 0 heterocycles. The van der Waals surface area contributed by atoms with Crippen molar-refractivity contribution in [1.29, 1.82) is 0 Å². The Balaban J connectivity index is 1.75. The molecule has 37 heavy (non-hydrogen) atoms. The van der Waals surface area contributed by atoms with Crippen LogP contribution in [-0.2, 0) is 18.2 Å². The first kappa shape index (κ1) is 26.8. The van der Waals surface area contributed by atoms with Gasteiger partial charge in [0.2, 0.25) is 0 Å². The highest BCUT2D eigenvalue weighted by molar-refractivity contribution is 7.48. The molecule has 0 saturated heterocycles. The molecule has 0 aliphatic heterocycles. The van der Waals surface area contributed by atoms with Crippen LogP contribution in [0.5, 0.6) is 5.75 Å². The summed E-state index contributed by atoms with van der Waals surface area (Å²) in [7, 11) is 2.45. The van der Waals surface area contributed by atoms with E-state index in [-0.39, 0.29) is 5.16 Å². The van der Waals surface area contributed by atoms with Crippen molar-refractivity contribution in [3.8, 4) is 5.75 Å². The average Bonchev–Trinajstić information content (AvgIpc) is 2.91. The number of benzene rings is 4. The number of rotatable bonds is 11. The molecule has 0 aromatic heterocycles. The highest BCUT2D eigenvalue weighted by atomic mass is 31.1. The third kappa shape index (κ3) is 7.18. The zero-order valence-electron chi connectivity index (χ0n) is 22.5. The molecule has 0 aliphatic rings. The van der Waals surface area contributed by atoms with Crippen LogP contribution >= 0.6 is 8.58 Å². The highest BCUT2D eigenvalue weighted by Crippen LogP contribution is 2.49. The molecule has 2 unspecified atom stereocenters. The number of hydrogen-bond acceptors (Lipinski definition) is 2. The molecule has 4 aromatic carbocycles. The fourth-order valence-corrected chi connectivity index (χ4v) is 6.66. The Morgan fingerprint density at radius 1 is 0.838 bits per heavy atom. The summed E-state index contributed by atoms with van der Waals surface area (Å²) in [6.45, 7) is 7.41. The molecule has 0 N–H and O–H groups in total. The first-order valence-corrected chi connectivity index (χ1v) is 14.2. The molecule has 2 atom stereocenters. The maximum atomic E-state index is 6.53. The Labute approximate surface area is 224 Å². The summed E-state index contributed by atoms with van der Waals surface area (Å²) in [5.41, 5.74) is 7.61. The van der Waals surface area contributed by atoms with E-state index in [2.05, 4.69) is 117 Å². The van der Waals surface area contributed by atoms with E-state index in [1.54, 1.807) is 0 Å². The molecule has 4 aromatic rings. The second-order valence-electron chi connectivity index (χ2n) is 9.95. The Hall–Kier alpha value is -3.22. The van der Waals surface area contributed by atoms with E-state index in [0.29, 0.717) is 15.2 Å². The van der Waals surface area contributed by atoms with Gasteiger partial charge in [0.25, 0.3) is 0 Å². The molecule has 0 bridgehead atoms. The first-order valence-electron chi connectivity index (χ1n) is 13.2. The quantitative estimate of drug-likeness (QED) is 0.148. The van der Waals surface area contributed by atoms with Gasteiger partial charge in [-0.25, -0.2) is 0 Å². The molecule has 0 radical (unpaired) electrons. The van der Waals surface area contributed by atoms with Crippen LogP contribution in [0.1, 0.15) is 60.1 Å². The van der Waals surface area contributed by atoms with Crippen molar-refractivity contribution in [3.63, 3.8) is 0 Å². The minimum Gasteiger partial charge on any atom is -0.489 e. The lowest BCUT2D eigenvalue weighted by atomic mass is 9.91. The lowest BCUT2D eigenvalue weighted by Gasteiger charge is -2.33. The topological polar surface area (TPSA) is 21.6 Å². The van der Waals surface area contributed by atoms with E-state index in [0.717, 1.165) is 25.0 Å². The minimum atomic E-state index is -0.0565. The minimum absolute atomic E-state index is 0.0565. The van der Waals surface area contributed by atoms with Crippen LogP contribution in [0.25, 0.3) is 0 Å². The average molecular weight is 508 g/mol. The van der Waals surface area contributed by atoms with E-state index in [1.165, 1.54) is 38.7 Å². The van der Waals surface area contributed by atoms with Gasteiger partial charge in [0, 0.05) is 24.0 Å². The predicted octanol–water partition coefficient (Wildman–Crippen LogP) is 8.23. The number of aryl methyl sites for hydroxylation is 1. The third-order valence-electron chi connectivity index (χ3n) is 6.76. The van der Waals surface area contributed by atoms with Crippen molar-refractivity contribution in [2.24, 2.45) is 4.99 Å². The SMILES string of the molecule is CCCC(C)(Pc1ccc(C)cc1C=NC)c1cc(Cc2ccccc2)ccc1OCc1ccccc1. The van der Waals surface area contributed by atoms with Gasteiger partial charge in [0.05, 0.1) is 0 Å². The van der Waals surface area contributed by atoms with Gasteiger partial charge in [-0.05, 0) is 59.5 Å². The van der Waals surface area contributed by atoms with Gasteiger partial charge in [-0.15, -0.1) is 0 Å². The Kier molecular flexibility index (Phi) is 9.31. The van der Waals surface area contributed by atoms with Crippen molar-refractivity contribution < 1.29 is 4.74 Å².